The fourth-order valence-corrected chi connectivity index (χ4v) is 3.08. The van der Waals surface area contributed by atoms with Crippen molar-refractivity contribution in [3.05, 3.63) is 0 Å². The molecule has 1 aliphatic rings. The molecule has 0 saturated heterocycles. The van der Waals surface area contributed by atoms with Crippen LogP contribution in [0.15, 0.2) is 0 Å². The molecule has 5 heteroatoms. The molecule has 1 saturated carbocycles. The van der Waals surface area contributed by atoms with E-state index >= 15 is 0 Å². The van der Waals surface area contributed by atoms with Crippen molar-refractivity contribution in [2.24, 2.45) is 11.3 Å². The standard InChI is InChI=1S/C16H30N2O3/c1-4-12-7-9-13(10-8-12)18-15(21)17-11-16(5-2,6-3)14(19)20/h12-13H,4-11H2,1-3H3,(H,19,20)(H2,17,18,21). The number of hydrogen-bond acceptors (Lipinski definition) is 2. The van der Waals surface area contributed by atoms with E-state index in [1.165, 1.54) is 19.3 Å². The van der Waals surface area contributed by atoms with Gasteiger partial charge in [-0.15, -0.1) is 0 Å². The average molecular weight is 298 g/mol. The monoisotopic (exact) mass is 298 g/mol. The van der Waals surface area contributed by atoms with Crippen molar-refractivity contribution in [1.82, 2.24) is 10.6 Å². The van der Waals surface area contributed by atoms with Crippen molar-refractivity contribution in [3.63, 3.8) is 0 Å². The van der Waals surface area contributed by atoms with Crippen molar-refractivity contribution in [3.8, 4) is 0 Å². The highest BCUT2D eigenvalue weighted by atomic mass is 16.4. The Labute approximate surface area is 127 Å². The topological polar surface area (TPSA) is 78.4 Å². The quantitative estimate of drug-likeness (QED) is 0.675. The lowest BCUT2D eigenvalue weighted by molar-refractivity contribution is -0.149. The van der Waals surface area contributed by atoms with Gasteiger partial charge in [0.1, 0.15) is 0 Å². The van der Waals surface area contributed by atoms with Gasteiger partial charge in [0.15, 0.2) is 0 Å². The van der Waals surface area contributed by atoms with Gasteiger partial charge in [0.2, 0.25) is 0 Å². The van der Waals surface area contributed by atoms with E-state index in [2.05, 4.69) is 17.6 Å². The minimum atomic E-state index is -0.850. The largest absolute Gasteiger partial charge is 0.481 e. The molecule has 21 heavy (non-hydrogen) atoms. The van der Waals surface area contributed by atoms with Gasteiger partial charge in [0, 0.05) is 12.6 Å². The van der Waals surface area contributed by atoms with Gasteiger partial charge in [0.05, 0.1) is 5.41 Å². The molecule has 0 spiro atoms. The number of carbonyl (C=O) groups excluding carboxylic acids is 1. The normalized spacial score (nSPS) is 22.6. The van der Waals surface area contributed by atoms with E-state index in [-0.39, 0.29) is 18.6 Å². The predicted octanol–water partition coefficient (Wildman–Crippen LogP) is 3.15. The van der Waals surface area contributed by atoms with E-state index in [0.29, 0.717) is 12.8 Å². The fraction of sp³-hybridized carbons (Fsp3) is 0.875. The maximum absolute atomic E-state index is 11.9. The molecular formula is C16H30N2O3. The number of amides is 2. The van der Waals surface area contributed by atoms with Gasteiger partial charge in [-0.2, -0.15) is 0 Å². The van der Waals surface area contributed by atoms with Crippen LogP contribution in [0.3, 0.4) is 0 Å². The summed E-state index contributed by atoms with van der Waals surface area (Å²) < 4.78 is 0. The molecule has 0 unspecified atom stereocenters. The van der Waals surface area contributed by atoms with Crippen LogP contribution < -0.4 is 10.6 Å². The first-order valence-corrected chi connectivity index (χ1v) is 8.25. The minimum absolute atomic E-state index is 0.186. The van der Waals surface area contributed by atoms with E-state index in [0.717, 1.165) is 18.8 Å². The zero-order valence-electron chi connectivity index (χ0n) is 13.6. The number of hydrogen-bond donors (Lipinski definition) is 3. The Hall–Kier alpha value is -1.26. The molecule has 0 bridgehead atoms. The first-order chi connectivity index (χ1) is 9.97. The zero-order chi connectivity index (χ0) is 15.9. The van der Waals surface area contributed by atoms with Crippen molar-refractivity contribution < 1.29 is 14.7 Å². The van der Waals surface area contributed by atoms with E-state index in [1.807, 2.05) is 13.8 Å². The number of nitrogens with one attached hydrogen (secondary N) is 2. The van der Waals surface area contributed by atoms with Gasteiger partial charge in [-0.05, 0) is 44.4 Å². The molecule has 0 aliphatic heterocycles. The third-order valence-corrected chi connectivity index (χ3v) is 5.15. The smallest absolute Gasteiger partial charge is 0.315 e. The van der Waals surface area contributed by atoms with Crippen LogP contribution in [0.25, 0.3) is 0 Å². The molecule has 0 aromatic rings. The van der Waals surface area contributed by atoms with Gasteiger partial charge in [0.25, 0.3) is 0 Å². The van der Waals surface area contributed by atoms with Crippen molar-refractivity contribution in [2.45, 2.75) is 71.8 Å². The van der Waals surface area contributed by atoms with Crippen molar-refractivity contribution in [2.75, 3.05) is 6.54 Å². The lowest BCUT2D eigenvalue weighted by Gasteiger charge is -2.30. The lowest BCUT2D eigenvalue weighted by Crippen LogP contribution is -2.48. The highest BCUT2D eigenvalue weighted by Gasteiger charge is 2.35. The molecule has 2 amide bonds. The summed E-state index contributed by atoms with van der Waals surface area (Å²) in [4.78, 5) is 23.3. The minimum Gasteiger partial charge on any atom is -0.481 e. The molecule has 0 heterocycles. The summed E-state index contributed by atoms with van der Waals surface area (Å²) in [5.41, 5.74) is -0.850. The summed E-state index contributed by atoms with van der Waals surface area (Å²) in [5, 5.41) is 15.1. The molecule has 5 nitrogen and oxygen atoms in total. The molecule has 0 atom stereocenters. The third kappa shape index (κ3) is 4.90. The highest BCUT2D eigenvalue weighted by molar-refractivity contribution is 5.78. The Morgan fingerprint density at radius 2 is 1.67 bits per heavy atom. The number of urea groups is 1. The van der Waals surface area contributed by atoms with Gasteiger partial charge in [-0.25, -0.2) is 4.79 Å². The van der Waals surface area contributed by atoms with Crippen LogP contribution in [0.4, 0.5) is 4.79 Å². The predicted molar refractivity (Wildman–Crippen MR) is 83.2 cm³/mol. The number of aliphatic carboxylic acids is 1. The molecule has 122 valence electrons. The second kappa shape index (κ2) is 8.25. The van der Waals surface area contributed by atoms with Crippen LogP contribution in [0.2, 0.25) is 0 Å². The van der Waals surface area contributed by atoms with Crippen molar-refractivity contribution >= 4 is 12.0 Å². The molecule has 0 radical (unpaired) electrons. The second-order valence-corrected chi connectivity index (χ2v) is 6.25. The molecule has 1 aliphatic carbocycles. The fourth-order valence-electron chi connectivity index (χ4n) is 3.08. The molecule has 1 rings (SSSR count). The molecular weight excluding hydrogens is 268 g/mol. The van der Waals surface area contributed by atoms with Crippen LogP contribution >= 0.6 is 0 Å². The summed E-state index contributed by atoms with van der Waals surface area (Å²) in [6.45, 7) is 6.10. The number of rotatable bonds is 7. The highest BCUT2D eigenvalue weighted by Crippen LogP contribution is 2.27. The Balaban J connectivity index is 2.39. The van der Waals surface area contributed by atoms with E-state index in [9.17, 15) is 14.7 Å². The summed E-state index contributed by atoms with van der Waals surface area (Å²) in [6, 6.07) is -0.00208. The summed E-state index contributed by atoms with van der Waals surface area (Å²) in [5.74, 6) is -0.0396. The van der Waals surface area contributed by atoms with Crippen LogP contribution in [0.1, 0.15) is 65.7 Å². The summed E-state index contributed by atoms with van der Waals surface area (Å²) in [6.07, 6.45) is 6.64. The molecule has 0 aromatic heterocycles. The van der Waals surface area contributed by atoms with Gasteiger partial charge in [-0.3, -0.25) is 4.79 Å². The van der Waals surface area contributed by atoms with Crippen molar-refractivity contribution in [1.29, 1.82) is 0 Å². The Bertz CT molecular complexity index is 345. The maximum Gasteiger partial charge on any atom is 0.315 e. The molecule has 3 N–H and O–H groups in total. The first kappa shape index (κ1) is 17.8. The summed E-state index contributed by atoms with van der Waals surface area (Å²) >= 11 is 0. The number of carbonyl (C=O) groups is 2. The Morgan fingerprint density at radius 3 is 2.10 bits per heavy atom. The number of carboxylic acid groups (broad SMARTS) is 1. The van der Waals surface area contributed by atoms with E-state index < -0.39 is 11.4 Å². The Morgan fingerprint density at radius 1 is 1.10 bits per heavy atom. The lowest BCUT2D eigenvalue weighted by atomic mass is 9.82. The van der Waals surface area contributed by atoms with E-state index in [4.69, 9.17) is 0 Å². The van der Waals surface area contributed by atoms with Crippen LogP contribution in [0, 0.1) is 11.3 Å². The second-order valence-electron chi connectivity index (χ2n) is 6.25. The first-order valence-electron chi connectivity index (χ1n) is 8.25. The average Bonchev–Trinajstić information content (AvgIpc) is 2.49. The SMILES string of the molecule is CCC1CCC(NC(=O)NCC(CC)(CC)C(=O)O)CC1. The van der Waals surface area contributed by atoms with Gasteiger partial charge in [-0.1, -0.05) is 27.2 Å². The maximum atomic E-state index is 11.9. The zero-order valence-corrected chi connectivity index (χ0v) is 13.6. The van der Waals surface area contributed by atoms with E-state index in [1.54, 1.807) is 0 Å². The van der Waals surface area contributed by atoms with Crippen LogP contribution in [0.5, 0.6) is 0 Å². The Kier molecular flexibility index (Phi) is 6.99. The van der Waals surface area contributed by atoms with Gasteiger partial charge >= 0.3 is 12.0 Å². The van der Waals surface area contributed by atoms with Crippen LogP contribution in [-0.4, -0.2) is 29.7 Å². The third-order valence-electron chi connectivity index (χ3n) is 5.15. The van der Waals surface area contributed by atoms with Gasteiger partial charge < -0.3 is 15.7 Å². The summed E-state index contributed by atoms with van der Waals surface area (Å²) in [7, 11) is 0. The number of carboxylic acids is 1. The molecule has 0 aromatic carbocycles. The molecule has 1 fully saturated rings. The van der Waals surface area contributed by atoms with Crippen LogP contribution in [-0.2, 0) is 4.79 Å².